The van der Waals surface area contributed by atoms with Gasteiger partial charge < -0.3 is 10.2 Å². The molecule has 4 rings (SSSR count). The van der Waals surface area contributed by atoms with Crippen molar-refractivity contribution in [2.45, 2.75) is 25.1 Å². The van der Waals surface area contributed by atoms with Gasteiger partial charge in [-0.2, -0.15) is 13.2 Å². The number of carbonyl (C=O) groups excluding carboxylic acids is 2. The summed E-state index contributed by atoms with van der Waals surface area (Å²) in [4.78, 5) is 28.5. The van der Waals surface area contributed by atoms with Crippen molar-refractivity contribution in [1.29, 1.82) is 0 Å². The average Bonchev–Trinajstić information content (AvgIpc) is 3.15. The smallest absolute Gasteiger partial charge is 0.336 e. The number of rotatable bonds is 6. The highest BCUT2D eigenvalue weighted by Crippen LogP contribution is 2.38. The van der Waals surface area contributed by atoms with E-state index in [1.807, 2.05) is 30.3 Å². The fourth-order valence-corrected chi connectivity index (χ4v) is 4.72. The lowest BCUT2D eigenvalue weighted by Crippen LogP contribution is -2.48. The van der Waals surface area contributed by atoms with Crippen LogP contribution in [-0.2, 0) is 22.2 Å². The van der Waals surface area contributed by atoms with Crippen LogP contribution in [0.4, 0.5) is 24.5 Å². The molecule has 0 bridgehead atoms. The predicted octanol–water partition coefficient (Wildman–Crippen LogP) is 6.59. The molecular weight excluding hydrogens is 546 g/mol. The number of benzene rings is 3. The first-order valence-electron chi connectivity index (χ1n) is 11.2. The maximum absolute atomic E-state index is 13.6. The van der Waals surface area contributed by atoms with Crippen LogP contribution in [0.5, 0.6) is 0 Å². The summed E-state index contributed by atoms with van der Waals surface area (Å²) in [5.41, 5.74) is -0.107. The number of hydrogen-bond acceptors (Lipinski definition) is 3. The third kappa shape index (κ3) is 6.06. The van der Waals surface area contributed by atoms with Gasteiger partial charge in [-0.25, -0.2) is 4.90 Å². The second-order valence-corrected chi connectivity index (χ2v) is 9.49. The first-order chi connectivity index (χ1) is 17.6. The van der Waals surface area contributed by atoms with Gasteiger partial charge >= 0.3 is 6.18 Å². The summed E-state index contributed by atoms with van der Waals surface area (Å²) in [5, 5.41) is 3.74. The molecule has 0 unspecified atom stereocenters. The van der Waals surface area contributed by atoms with E-state index >= 15 is 0 Å². The van der Waals surface area contributed by atoms with Crippen LogP contribution in [-0.4, -0.2) is 34.4 Å². The molecule has 1 aliphatic heterocycles. The number of alkyl halides is 3. The molecule has 5 nitrogen and oxygen atoms in total. The molecular formula is C26H20Cl2F3N3O2S. The van der Waals surface area contributed by atoms with Crippen LogP contribution >= 0.6 is 35.4 Å². The molecule has 0 aromatic heterocycles. The average molecular weight is 566 g/mol. The summed E-state index contributed by atoms with van der Waals surface area (Å²) in [6, 6.07) is 17.6. The minimum Gasteiger partial charge on any atom is -0.336 e. The molecule has 1 saturated heterocycles. The standard InChI is InChI=1S/C26H20Cl2F3N3O2S/c27-19-11-10-17(14-20(19)28)32-25(37)33(13-12-16-6-2-1-3-7-16)22-15-23(35)34(24(22)36)21-9-5-4-8-18(21)26(29,30)31/h1-11,14,22H,12-13,15H2,(H,32,37)/t22-/m0/s1. The molecule has 0 aliphatic carbocycles. The van der Waals surface area contributed by atoms with Crippen LogP contribution in [0.25, 0.3) is 0 Å². The number of para-hydroxylation sites is 1. The first kappa shape index (κ1) is 26.9. The Morgan fingerprint density at radius 1 is 1.00 bits per heavy atom. The first-order valence-corrected chi connectivity index (χ1v) is 12.3. The Labute approximate surface area is 226 Å². The lowest BCUT2D eigenvalue weighted by molar-refractivity contribution is -0.137. The quantitative estimate of drug-likeness (QED) is 0.270. The van der Waals surface area contributed by atoms with Crippen molar-refractivity contribution in [3.8, 4) is 0 Å². The minimum absolute atomic E-state index is 0.117. The van der Waals surface area contributed by atoms with Crippen LogP contribution in [0.15, 0.2) is 72.8 Å². The number of anilines is 2. The van der Waals surface area contributed by atoms with Gasteiger partial charge in [0.15, 0.2) is 5.11 Å². The minimum atomic E-state index is -4.74. The molecule has 3 aromatic carbocycles. The van der Waals surface area contributed by atoms with Crippen LogP contribution in [0.2, 0.25) is 10.0 Å². The summed E-state index contributed by atoms with van der Waals surface area (Å²) in [6.45, 7) is 0.232. The van der Waals surface area contributed by atoms with Crippen LogP contribution < -0.4 is 10.2 Å². The van der Waals surface area contributed by atoms with Crippen LogP contribution in [0.3, 0.4) is 0 Å². The zero-order valence-electron chi connectivity index (χ0n) is 19.1. The van der Waals surface area contributed by atoms with Crippen molar-refractivity contribution < 1.29 is 22.8 Å². The Balaban J connectivity index is 1.64. The third-order valence-corrected chi connectivity index (χ3v) is 6.94. The van der Waals surface area contributed by atoms with Gasteiger partial charge in [-0.05, 0) is 54.5 Å². The summed E-state index contributed by atoms with van der Waals surface area (Å²) >= 11 is 17.7. The molecule has 1 aliphatic rings. The van der Waals surface area contributed by atoms with Gasteiger partial charge in [-0.3, -0.25) is 9.59 Å². The van der Waals surface area contributed by atoms with E-state index in [0.29, 0.717) is 22.0 Å². The van der Waals surface area contributed by atoms with Gasteiger partial charge in [0.05, 0.1) is 27.7 Å². The normalized spacial score (nSPS) is 15.7. The summed E-state index contributed by atoms with van der Waals surface area (Å²) in [5.74, 6) is -1.53. The topological polar surface area (TPSA) is 52.7 Å². The Hall–Kier alpha value is -3.14. The van der Waals surface area contributed by atoms with Crippen molar-refractivity contribution >= 4 is 63.7 Å². The third-order valence-electron chi connectivity index (χ3n) is 5.87. The second kappa shape index (κ2) is 11.1. The predicted molar refractivity (Wildman–Crippen MR) is 142 cm³/mol. The van der Waals surface area contributed by atoms with Gasteiger partial charge in [-0.15, -0.1) is 0 Å². The van der Waals surface area contributed by atoms with Crippen LogP contribution in [0.1, 0.15) is 17.5 Å². The SMILES string of the molecule is O=C1C[C@H](N(CCc2ccccc2)C(=S)Nc2ccc(Cl)c(Cl)c2)C(=O)N1c1ccccc1C(F)(F)F. The zero-order chi connectivity index (χ0) is 26.7. The van der Waals surface area contributed by atoms with E-state index in [-0.39, 0.29) is 23.1 Å². The van der Waals surface area contributed by atoms with E-state index in [0.717, 1.165) is 17.7 Å². The monoisotopic (exact) mass is 565 g/mol. The lowest BCUT2D eigenvalue weighted by atomic mass is 10.1. The molecule has 1 heterocycles. The molecule has 1 fully saturated rings. The van der Waals surface area contributed by atoms with Crippen molar-refractivity contribution in [3.63, 3.8) is 0 Å². The van der Waals surface area contributed by atoms with Crippen molar-refractivity contribution in [2.24, 2.45) is 0 Å². The van der Waals surface area contributed by atoms with Gasteiger partial charge in [0.1, 0.15) is 6.04 Å². The maximum Gasteiger partial charge on any atom is 0.418 e. The largest absolute Gasteiger partial charge is 0.418 e. The Morgan fingerprint density at radius 3 is 2.35 bits per heavy atom. The molecule has 11 heteroatoms. The fourth-order valence-electron chi connectivity index (χ4n) is 4.08. The number of nitrogens with one attached hydrogen (secondary N) is 1. The summed E-state index contributed by atoms with van der Waals surface area (Å²) in [7, 11) is 0. The number of nitrogens with zero attached hydrogens (tertiary/aromatic N) is 2. The van der Waals surface area contributed by atoms with E-state index in [1.165, 1.54) is 17.0 Å². The van der Waals surface area contributed by atoms with E-state index in [2.05, 4.69) is 5.32 Å². The van der Waals surface area contributed by atoms with E-state index in [9.17, 15) is 22.8 Å². The number of carbonyl (C=O) groups is 2. The second-order valence-electron chi connectivity index (χ2n) is 8.29. The van der Waals surface area contributed by atoms with Crippen molar-refractivity contribution in [2.75, 3.05) is 16.8 Å². The molecule has 1 N–H and O–H groups in total. The zero-order valence-corrected chi connectivity index (χ0v) is 21.5. The lowest BCUT2D eigenvalue weighted by Gasteiger charge is -2.30. The number of halogens is 5. The molecule has 0 saturated carbocycles. The highest BCUT2D eigenvalue weighted by molar-refractivity contribution is 7.80. The Bertz CT molecular complexity index is 1340. The highest BCUT2D eigenvalue weighted by atomic mass is 35.5. The molecule has 0 spiro atoms. The number of thiocarbonyl (C=S) groups is 1. The van der Waals surface area contributed by atoms with Gasteiger partial charge in [0, 0.05) is 12.2 Å². The summed E-state index contributed by atoms with van der Waals surface area (Å²) in [6.07, 6.45) is -4.60. The number of hydrogen-bond donors (Lipinski definition) is 1. The molecule has 2 amide bonds. The number of imide groups is 1. The van der Waals surface area contributed by atoms with E-state index in [4.69, 9.17) is 35.4 Å². The molecule has 37 heavy (non-hydrogen) atoms. The van der Waals surface area contributed by atoms with E-state index < -0.39 is 35.3 Å². The molecule has 1 atom stereocenters. The van der Waals surface area contributed by atoms with Crippen LogP contribution in [0, 0.1) is 0 Å². The Morgan fingerprint density at radius 2 is 1.68 bits per heavy atom. The maximum atomic E-state index is 13.6. The van der Waals surface area contributed by atoms with Gasteiger partial charge in [-0.1, -0.05) is 65.7 Å². The number of amides is 2. The molecule has 3 aromatic rings. The summed E-state index contributed by atoms with van der Waals surface area (Å²) < 4.78 is 40.9. The van der Waals surface area contributed by atoms with Gasteiger partial charge in [0.2, 0.25) is 5.91 Å². The Kier molecular flexibility index (Phi) is 8.06. The van der Waals surface area contributed by atoms with Crippen molar-refractivity contribution in [3.05, 3.63) is 94.0 Å². The van der Waals surface area contributed by atoms with E-state index in [1.54, 1.807) is 18.2 Å². The van der Waals surface area contributed by atoms with Gasteiger partial charge in [0.25, 0.3) is 5.91 Å². The van der Waals surface area contributed by atoms with Crippen molar-refractivity contribution in [1.82, 2.24) is 4.90 Å². The fraction of sp³-hybridized carbons (Fsp3) is 0.192. The molecule has 0 radical (unpaired) electrons. The molecule has 192 valence electrons. The highest BCUT2D eigenvalue weighted by Gasteiger charge is 2.46.